The third-order valence-corrected chi connectivity index (χ3v) is 5.75. The molecule has 0 spiro atoms. The lowest BCUT2D eigenvalue weighted by molar-refractivity contribution is -0.384. The van der Waals surface area contributed by atoms with Crippen LogP contribution in [0.15, 0.2) is 71.4 Å². The lowest BCUT2D eigenvalue weighted by atomic mass is 10.2. The molecule has 0 unspecified atom stereocenters. The van der Waals surface area contributed by atoms with Crippen molar-refractivity contribution in [1.82, 2.24) is 4.57 Å². The van der Waals surface area contributed by atoms with Crippen LogP contribution in [0.1, 0.15) is 5.56 Å². The Hall–Kier alpha value is -2.70. The first-order valence-electron chi connectivity index (χ1n) is 7.73. The summed E-state index contributed by atoms with van der Waals surface area (Å²) < 4.78 is 2.06. The first-order chi connectivity index (χ1) is 12.2. The molecule has 6 heteroatoms. The van der Waals surface area contributed by atoms with Crippen LogP contribution in [0.4, 0.5) is 5.69 Å². The normalized spacial score (nSPS) is 10.9. The third kappa shape index (κ3) is 3.01. The van der Waals surface area contributed by atoms with Gasteiger partial charge < -0.3 is 4.57 Å². The molecule has 4 nitrogen and oxygen atoms in total. The van der Waals surface area contributed by atoms with E-state index in [2.05, 4.69) is 4.57 Å². The van der Waals surface area contributed by atoms with Gasteiger partial charge in [0.2, 0.25) is 0 Å². The average molecular weight is 366 g/mol. The van der Waals surface area contributed by atoms with Crippen LogP contribution in [0, 0.1) is 10.1 Å². The van der Waals surface area contributed by atoms with E-state index in [-0.39, 0.29) is 10.6 Å². The van der Waals surface area contributed by atoms with Gasteiger partial charge in [-0.2, -0.15) is 0 Å². The zero-order chi connectivity index (χ0) is 17.2. The monoisotopic (exact) mass is 366 g/mol. The number of hydrogen-bond acceptors (Lipinski definition) is 4. The highest BCUT2D eigenvalue weighted by molar-refractivity contribution is 7.14. The van der Waals surface area contributed by atoms with Gasteiger partial charge in [0.25, 0.3) is 5.69 Å². The van der Waals surface area contributed by atoms with Gasteiger partial charge in [-0.05, 0) is 28.5 Å². The zero-order valence-corrected chi connectivity index (χ0v) is 14.8. The van der Waals surface area contributed by atoms with E-state index in [4.69, 9.17) is 0 Å². The van der Waals surface area contributed by atoms with Crippen LogP contribution < -0.4 is 0 Å². The third-order valence-electron chi connectivity index (χ3n) is 3.99. The van der Waals surface area contributed by atoms with Crippen LogP contribution in [0.3, 0.4) is 0 Å². The summed E-state index contributed by atoms with van der Waals surface area (Å²) in [7, 11) is 0. The smallest absolute Gasteiger partial charge is 0.296 e. The van der Waals surface area contributed by atoms with Gasteiger partial charge in [-0.15, -0.1) is 22.7 Å². The predicted octanol–water partition coefficient (Wildman–Crippen LogP) is 5.90. The molecule has 4 rings (SSSR count). The Morgan fingerprint density at radius 1 is 0.920 bits per heavy atom. The van der Waals surface area contributed by atoms with Crippen molar-refractivity contribution in [3.63, 3.8) is 0 Å². The maximum absolute atomic E-state index is 11.7. The van der Waals surface area contributed by atoms with Crippen molar-refractivity contribution in [3.05, 3.63) is 87.1 Å². The van der Waals surface area contributed by atoms with Crippen molar-refractivity contribution in [1.29, 1.82) is 0 Å². The Bertz CT molecular complexity index is 988. The molecular formula is C19H14N2O2S2. The first-order valence-corrected chi connectivity index (χ1v) is 9.49. The Balaban J connectivity index is 1.96. The van der Waals surface area contributed by atoms with Crippen molar-refractivity contribution in [2.24, 2.45) is 0 Å². The Kier molecular flexibility index (Phi) is 4.21. The van der Waals surface area contributed by atoms with E-state index < -0.39 is 0 Å². The van der Waals surface area contributed by atoms with Crippen LogP contribution in [-0.4, -0.2) is 9.49 Å². The first kappa shape index (κ1) is 15.8. The molecule has 0 N–H and O–H groups in total. The molecule has 25 heavy (non-hydrogen) atoms. The van der Waals surface area contributed by atoms with E-state index in [0.717, 1.165) is 21.0 Å². The maximum Gasteiger partial charge on any atom is 0.296 e. The minimum absolute atomic E-state index is 0.154. The molecule has 0 bridgehead atoms. The van der Waals surface area contributed by atoms with Crippen LogP contribution in [0.5, 0.6) is 0 Å². The second-order valence-electron chi connectivity index (χ2n) is 5.55. The SMILES string of the molecule is O=[N+]([O-])c1cc(-c2cccs2)n(Cc2ccccc2)c1-c1cccs1. The fraction of sp³-hybridized carbons (Fsp3) is 0.0526. The fourth-order valence-corrected chi connectivity index (χ4v) is 4.44. The molecular weight excluding hydrogens is 352 g/mol. The van der Waals surface area contributed by atoms with Gasteiger partial charge in [0.05, 0.1) is 20.4 Å². The maximum atomic E-state index is 11.7. The molecule has 0 atom stereocenters. The number of aromatic nitrogens is 1. The van der Waals surface area contributed by atoms with Gasteiger partial charge in [0, 0.05) is 12.6 Å². The summed E-state index contributed by atoms with van der Waals surface area (Å²) in [4.78, 5) is 13.4. The van der Waals surface area contributed by atoms with Crippen molar-refractivity contribution >= 4 is 28.4 Å². The highest BCUT2D eigenvalue weighted by atomic mass is 32.1. The Morgan fingerprint density at radius 3 is 2.20 bits per heavy atom. The molecule has 3 heterocycles. The molecule has 0 radical (unpaired) electrons. The topological polar surface area (TPSA) is 48.1 Å². The van der Waals surface area contributed by atoms with Crippen LogP contribution in [0.2, 0.25) is 0 Å². The summed E-state index contributed by atoms with van der Waals surface area (Å²) in [5.74, 6) is 0. The summed E-state index contributed by atoms with van der Waals surface area (Å²) in [6.45, 7) is 0.592. The summed E-state index contributed by atoms with van der Waals surface area (Å²) >= 11 is 3.11. The van der Waals surface area contributed by atoms with Gasteiger partial charge in [-0.1, -0.05) is 42.5 Å². The summed E-state index contributed by atoms with van der Waals surface area (Å²) in [5, 5.41) is 15.6. The minimum atomic E-state index is -0.284. The number of nitrogens with zero attached hydrogens (tertiary/aromatic N) is 2. The number of benzene rings is 1. The Labute approximate surface area is 152 Å². The van der Waals surface area contributed by atoms with Crippen molar-refractivity contribution in [2.75, 3.05) is 0 Å². The highest BCUT2D eigenvalue weighted by Crippen LogP contribution is 2.41. The molecule has 0 fully saturated rings. The molecule has 124 valence electrons. The number of rotatable bonds is 5. The lowest BCUT2D eigenvalue weighted by Crippen LogP contribution is -2.03. The van der Waals surface area contributed by atoms with E-state index >= 15 is 0 Å². The molecule has 0 aliphatic heterocycles. The number of nitro groups is 1. The second kappa shape index (κ2) is 6.66. The van der Waals surface area contributed by atoms with Gasteiger partial charge >= 0.3 is 0 Å². The molecule has 0 aliphatic rings. The van der Waals surface area contributed by atoms with Crippen LogP contribution in [-0.2, 0) is 6.54 Å². The fourth-order valence-electron chi connectivity index (χ4n) is 2.90. The largest absolute Gasteiger partial charge is 0.329 e. The van der Waals surface area contributed by atoms with Crippen LogP contribution >= 0.6 is 22.7 Å². The van der Waals surface area contributed by atoms with Gasteiger partial charge in [0.1, 0.15) is 5.69 Å². The van der Waals surface area contributed by atoms with Gasteiger partial charge in [0.15, 0.2) is 0 Å². The van der Waals surface area contributed by atoms with E-state index in [9.17, 15) is 10.1 Å². The predicted molar refractivity (Wildman–Crippen MR) is 103 cm³/mol. The van der Waals surface area contributed by atoms with E-state index in [1.165, 1.54) is 11.3 Å². The quantitative estimate of drug-likeness (QED) is 0.326. The van der Waals surface area contributed by atoms with Crippen LogP contribution in [0.25, 0.3) is 21.1 Å². The van der Waals surface area contributed by atoms with Gasteiger partial charge in [-0.25, -0.2) is 0 Å². The summed E-state index contributed by atoms with van der Waals surface area (Å²) in [6, 6.07) is 19.6. The second-order valence-corrected chi connectivity index (χ2v) is 7.44. The molecule has 0 amide bonds. The summed E-state index contributed by atoms with van der Waals surface area (Å²) in [5.41, 5.74) is 2.83. The molecule has 3 aromatic heterocycles. The van der Waals surface area contributed by atoms with Crippen molar-refractivity contribution in [3.8, 4) is 21.1 Å². The standard InChI is InChI=1S/C19H14N2O2S2/c22-21(23)16-12-15(17-8-4-10-24-17)20(13-14-6-2-1-3-7-14)19(16)18-9-5-11-25-18/h1-12H,13H2. The molecule has 0 saturated heterocycles. The minimum Gasteiger partial charge on any atom is -0.329 e. The lowest BCUT2D eigenvalue weighted by Gasteiger charge is -2.11. The number of hydrogen-bond donors (Lipinski definition) is 0. The van der Waals surface area contributed by atoms with E-state index in [1.54, 1.807) is 17.4 Å². The van der Waals surface area contributed by atoms with Crippen molar-refractivity contribution in [2.45, 2.75) is 6.54 Å². The van der Waals surface area contributed by atoms with E-state index in [1.807, 2.05) is 65.4 Å². The van der Waals surface area contributed by atoms with Gasteiger partial charge in [-0.3, -0.25) is 10.1 Å². The molecule has 1 aromatic carbocycles. The molecule has 0 aliphatic carbocycles. The van der Waals surface area contributed by atoms with Crippen molar-refractivity contribution < 1.29 is 4.92 Å². The number of thiophene rings is 2. The Morgan fingerprint density at radius 2 is 1.60 bits per heavy atom. The highest BCUT2D eigenvalue weighted by Gasteiger charge is 2.26. The molecule has 4 aromatic rings. The molecule has 0 saturated carbocycles. The van der Waals surface area contributed by atoms with E-state index in [0.29, 0.717) is 12.2 Å². The average Bonchev–Trinajstić information content (AvgIpc) is 3.36. The zero-order valence-electron chi connectivity index (χ0n) is 13.2. The summed E-state index contributed by atoms with van der Waals surface area (Å²) in [6.07, 6.45) is 0.